The fourth-order valence-corrected chi connectivity index (χ4v) is 4.35. The second-order valence-electron chi connectivity index (χ2n) is 6.62. The van der Waals surface area contributed by atoms with Crippen molar-refractivity contribution in [2.24, 2.45) is 0 Å². The topological polar surface area (TPSA) is 69.7 Å². The molecule has 28 heavy (non-hydrogen) atoms. The number of carbonyl (C=O) groups excluding carboxylic acids is 1. The molecule has 0 spiro atoms. The molecule has 0 aliphatic carbocycles. The van der Waals surface area contributed by atoms with Gasteiger partial charge in [0, 0.05) is 37.2 Å². The molecule has 0 aliphatic rings. The summed E-state index contributed by atoms with van der Waals surface area (Å²) in [6.07, 6.45) is 0. The van der Waals surface area contributed by atoms with Crippen molar-refractivity contribution in [2.45, 2.75) is 18.0 Å². The van der Waals surface area contributed by atoms with Gasteiger partial charge in [-0.05, 0) is 42.4 Å². The van der Waals surface area contributed by atoms with Crippen molar-refractivity contribution in [1.29, 1.82) is 0 Å². The van der Waals surface area contributed by atoms with Crippen LogP contribution < -0.4 is 5.32 Å². The van der Waals surface area contributed by atoms with Gasteiger partial charge in [0.25, 0.3) is 0 Å². The first-order chi connectivity index (χ1) is 13.1. The van der Waals surface area contributed by atoms with Gasteiger partial charge in [-0.15, -0.1) is 0 Å². The van der Waals surface area contributed by atoms with E-state index in [1.165, 1.54) is 20.2 Å². The van der Waals surface area contributed by atoms with E-state index in [1.54, 1.807) is 43.4 Å². The number of nitrogens with one attached hydrogen (secondary N) is 1. The number of hydrogen-bond donors (Lipinski definition) is 1. The van der Waals surface area contributed by atoms with Crippen LogP contribution in [0.2, 0.25) is 10.0 Å². The molecule has 0 saturated heterocycles. The maximum absolute atomic E-state index is 12.4. The van der Waals surface area contributed by atoms with Gasteiger partial charge < -0.3 is 5.32 Å². The van der Waals surface area contributed by atoms with Crippen LogP contribution in [-0.4, -0.2) is 51.2 Å². The minimum atomic E-state index is -3.58. The van der Waals surface area contributed by atoms with E-state index in [9.17, 15) is 13.2 Å². The van der Waals surface area contributed by atoms with Crippen LogP contribution >= 0.6 is 23.2 Å². The Kier molecular flexibility index (Phi) is 7.86. The highest BCUT2D eigenvalue weighted by atomic mass is 35.5. The summed E-state index contributed by atoms with van der Waals surface area (Å²) < 4.78 is 26.0. The lowest BCUT2D eigenvalue weighted by Gasteiger charge is -2.18. The molecule has 1 N–H and O–H groups in total. The molecule has 2 aromatic rings. The number of hydrogen-bond acceptors (Lipinski definition) is 4. The molecular formula is C19H23Cl2N3O3S. The van der Waals surface area contributed by atoms with Crippen LogP contribution in [0.5, 0.6) is 0 Å². The third-order valence-corrected chi connectivity index (χ3v) is 6.35. The van der Waals surface area contributed by atoms with Crippen molar-refractivity contribution in [3.05, 3.63) is 63.6 Å². The van der Waals surface area contributed by atoms with Crippen molar-refractivity contribution in [2.75, 3.05) is 27.7 Å². The summed E-state index contributed by atoms with van der Waals surface area (Å²) in [6.45, 7) is 0.769. The third-order valence-electron chi connectivity index (χ3n) is 4.00. The Labute approximate surface area is 176 Å². The highest BCUT2D eigenvalue weighted by molar-refractivity contribution is 7.89. The minimum Gasteiger partial charge on any atom is -0.351 e. The Morgan fingerprint density at radius 3 is 2.25 bits per heavy atom. The SMILES string of the molecule is CN(CC(=O)NCc1ccccc1S(=O)(=O)N(C)C)Cc1cc(Cl)cc(Cl)c1. The molecular weight excluding hydrogens is 421 g/mol. The second-order valence-corrected chi connectivity index (χ2v) is 9.61. The number of amides is 1. The number of nitrogens with zero attached hydrogens (tertiary/aromatic N) is 2. The first-order valence-electron chi connectivity index (χ1n) is 8.50. The molecule has 0 aliphatic heterocycles. The highest BCUT2D eigenvalue weighted by Gasteiger charge is 2.20. The number of halogens is 2. The van der Waals surface area contributed by atoms with Crippen molar-refractivity contribution in [3.63, 3.8) is 0 Å². The van der Waals surface area contributed by atoms with Gasteiger partial charge in [0.1, 0.15) is 0 Å². The zero-order chi connectivity index (χ0) is 20.9. The molecule has 1 amide bonds. The standard InChI is InChI=1S/C19H23Cl2N3O3S/c1-23(2)28(26,27)18-7-5-4-6-15(18)11-22-19(25)13-24(3)12-14-8-16(20)10-17(21)9-14/h4-10H,11-13H2,1-3H3,(H,22,25). The molecule has 2 aromatic carbocycles. The third kappa shape index (κ3) is 6.18. The molecule has 2 rings (SSSR count). The van der Waals surface area contributed by atoms with E-state index in [0.29, 0.717) is 22.2 Å². The monoisotopic (exact) mass is 443 g/mol. The number of sulfonamides is 1. The van der Waals surface area contributed by atoms with Crippen LogP contribution in [0.3, 0.4) is 0 Å². The maximum atomic E-state index is 12.4. The van der Waals surface area contributed by atoms with E-state index >= 15 is 0 Å². The molecule has 0 aromatic heterocycles. The quantitative estimate of drug-likeness (QED) is 0.680. The first-order valence-corrected chi connectivity index (χ1v) is 10.7. The van der Waals surface area contributed by atoms with Crippen molar-refractivity contribution >= 4 is 39.1 Å². The molecule has 0 unspecified atom stereocenters. The average Bonchev–Trinajstić information content (AvgIpc) is 2.59. The Morgan fingerprint density at radius 1 is 1.04 bits per heavy atom. The van der Waals surface area contributed by atoms with Crippen LogP contribution in [0, 0.1) is 0 Å². The summed E-state index contributed by atoms with van der Waals surface area (Å²) in [5.74, 6) is -0.215. The molecule has 0 fully saturated rings. The Morgan fingerprint density at radius 2 is 1.64 bits per heavy atom. The minimum absolute atomic E-state index is 0.124. The van der Waals surface area contributed by atoms with Gasteiger partial charge in [0.05, 0.1) is 11.4 Å². The lowest BCUT2D eigenvalue weighted by atomic mass is 10.2. The van der Waals surface area contributed by atoms with Crippen LogP contribution in [0.25, 0.3) is 0 Å². The first kappa shape index (κ1) is 22.6. The molecule has 0 bridgehead atoms. The molecule has 152 valence electrons. The predicted molar refractivity (Wildman–Crippen MR) is 112 cm³/mol. The summed E-state index contributed by atoms with van der Waals surface area (Å²) >= 11 is 12.0. The molecule has 9 heteroatoms. The summed E-state index contributed by atoms with van der Waals surface area (Å²) in [5, 5.41) is 3.86. The smallest absolute Gasteiger partial charge is 0.242 e. The number of likely N-dealkylation sites (N-methyl/N-ethyl adjacent to an activating group) is 1. The average molecular weight is 444 g/mol. The zero-order valence-corrected chi connectivity index (χ0v) is 18.3. The number of carbonyl (C=O) groups is 1. The lowest BCUT2D eigenvalue weighted by molar-refractivity contribution is -0.122. The molecule has 0 atom stereocenters. The van der Waals surface area contributed by atoms with E-state index in [4.69, 9.17) is 23.2 Å². The number of benzene rings is 2. The Balaban J connectivity index is 1.98. The van der Waals surface area contributed by atoms with E-state index in [2.05, 4.69) is 5.32 Å². The van der Waals surface area contributed by atoms with E-state index < -0.39 is 10.0 Å². The van der Waals surface area contributed by atoms with Crippen molar-refractivity contribution < 1.29 is 13.2 Å². The summed E-state index contributed by atoms with van der Waals surface area (Å²) in [5.41, 5.74) is 1.43. The summed E-state index contributed by atoms with van der Waals surface area (Å²) in [7, 11) is 1.17. The maximum Gasteiger partial charge on any atom is 0.242 e. The Bertz CT molecular complexity index is 929. The fraction of sp³-hybridized carbons (Fsp3) is 0.316. The van der Waals surface area contributed by atoms with Gasteiger partial charge in [0.2, 0.25) is 15.9 Å². The van der Waals surface area contributed by atoms with Gasteiger partial charge in [-0.25, -0.2) is 12.7 Å². The van der Waals surface area contributed by atoms with Gasteiger partial charge in [-0.3, -0.25) is 9.69 Å². The van der Waals surface area contributed by atoms with E-state index in [0.717, 1.165) is 9.87 Å². The van der Waals surface area contributed by atoms with Gasteiger partial charge in [-0.1, -0.05) is 41.4 Å². The van der Waals surface area contributed by atoms with Crippen molar-refractivity contribution in [3.8, 4) is 0 Å². The van der Waals surface area contributed by atoms with Crippen LogP contribution in [0.1, 0.15) is 11.1 Å². The lowest BCUT2D eigenvalue weighted by Crippen LogP contribution is -2.35. The van der Waals surface area contributed by atoms with Gasteiger partial charge in [-0.2, -0.15) is 0 Å². The van der Waals surface area contributed by atoms with Gasteiger partial charge >= 0.3 is 0 Å². The molecule has 0 heterocycles. The normalized spacial score (nSPS) is 11.8. The van der Waals surface area contributed by atoms with E-state index in [1.807, 2.05) is 4.90 Å². The summed E-state index contributed by atoms with van der Waals surface area (Å²) in [6, 6.07) is 11.9. The van der Waals surface area contributed by atoms with Crippen LogP contribution in [0.15, 0.2) is 47.4 Å². The van der Waals surface area contributed by atoms with Crippen molar-refractivity contribution in [1.82, 2.24) is 14.5 Å². The molecule has 0 radical (unpaired) electrons. The fourth-order valence-electron chi connectivity index (χ4n) is 2.66. The van der Waals surface area contributed by atoms with Crippen LogP contribution in [-0.2, 0) is 27.9 Å². The van der Waals surface area contributed by atoms with E-state index in [-0.39, 0.29) is 23.9 Å². The molecule has 6 nitrogen and oxygen atoms in total. The van der Waals surface area contributed by atoms with Crippen LogP contribution in [0.4, 0.5) is 0 Å². The highest BCUT2D eigenvalue weighted by Crippen LogP contribution is 2.20. The summed E-state index contributed by atoms with van der Waals surface area (Å²) in [4.78, 5) is 14.3. The zero-order valence-electron chi connectivity index (χ0n) is 15.9. The number of rotatable bonds is 8. The van der Waals surface area contributed by atoms with Gasteiger partial charge in [0.15, 0.2) is 0 Å². The predicted octanol–water partition coefficient (Wildman–Crippen LogP) is 2.99. The Hall–Kier alpha value is -1.64. The largest absolute Gasteiger partial charge is 0.351 e. The second kappa shape index (κ2) is 9.71. The molecule has 0 saturated carbocycles.